The fourth-order valence-corrected chi connectivity index (χ4v) is 3.33. The first-order valence-electron chi connectivity index (χ1n) is 8.35. The first-order valence-corrected chi connectivity index (χ1v) is 10.2. The molecule has 0 amide bonds. The second-order valence-electron chi connectivity index (χ2n) is 6.12. The second-order valence-corrected chi connectivity index (χ2v) is 8.13. The lowest BCUT2D eigenvalue weighted by Crippen LogP contribution is -2.25. The zero-order chi connectivity index (χ0) is 20.5. The van der Waals surface area contributed by atoms with Gasteiger partial charge in [-0.2, -0.15) is 0 Å². The number of likely N-dealkylation sites (N-methyl/N-ethyl adjacent to an activating group) is 1. The fraction of sp³-hybridized carbons (Fsp3) is 0.0952. The Kier molecular flexibility index (Phi) is 5.20. The number of hydrogen-bond donors (Lipinski definition) is 0. The highest BCUT2D eigenvalue weighted by Crippen LogP contribution is 2.31. The third-order valence-corrected chi connectivity index (χ3v) is 5.50. The van der Waals surface area contributed by atoms with Crippen molar-refractivity contribution in [3.63, 3.8) is 0 Å². The summed E-state index contributed by atoms with van der Waals surface area (Å²) in [4.78, 5) is 4.42. The number of halogens is 1. The van der Waals surface area contributed by atoms with Crippen LogP contribution in [-0.4, -0.2) is 31.0 Å². The molecule has 0 radical (unpaired) electrons. The lowest BCUT2D eigenvalue weighted by atomic mass is 10.00. The zero-order valence-corrected chi connectivity index (χ0v) is 16.3. The Balaban J connectivity index is 2.20. The molecular weight excluding hydrogens is 379 g/mol. The molecule has 2 aromatic carbocycles. The molecule has 0 aliphatic heterocycles. The summed E-state index contributed by atoms with van der Waals surface area (Å²) in [6, 6.07) is 11.7. The summed E-state index contributed by atoms with van der Waals surface area (Å²) < 4.78 is 45.3. The van der Waals surface area contributed by atoms with Gasteiger partial charge in [-0.15, -0.1) is 0 Å². The van der Waals surface area contributed by atoms with Gasteiger partial charge < -0.3 is 4.42 Å². The van der Waals surface area contributed by atoms with Crippen LogP contribution >= 0.6 is 0 Å². The predicted octanol–water partition coefficient (Wildman–Crippen LogP) is 4.61. The van der Waals surface area contributed by atoms with Crippen LogP contribution < -0.4 is 0 Å². The van der Waals surface area contributed by atoms with E-state index in [1.54, 1.807) is 18.2 Å². The summed E-state index contributed by atoms with van der Waals surface area (Å²) in [5, 5.41) is 0. The van der Waals surface area contributed by atoms with E-state index in [1.165, 1.54) is 25.3 Å². The number of hydrogen-bond acceptors (Lipinski definition) is 4. The van der Waals surface area contributed by atoms with Gasteiger partial charge in [-0.05, 0) is 36.4 Å². The van der Waals surface area contributed by atoms with E-state index in [1.807, 2.05) is 18.2 Å². The van der Waals surface area contributed by atoms with Gasteiger partial charge in [0.05, 0.1) is 12.0 Å². The minimum absolute atomic E-state index is 0.167. The number of aromatic nitrogens is 1. The quantitative estimate of drug-likeness (QED) is 0.569. The van der Waals surface area contributed by atoms with Crippen LogP contribution in [0, 0.1) is 5.82 Å². The molecule has 7 heteroatoms. The van der Waals surface area contributed by atoms with E-state index >= 15 is 0 Å². The summed E-state index contributed by atoms with van der Waals surface area (Å²) in [7, 11) is -2.19. The van der Waals surface area contributed by atoms with Crippen LogP contribution in [0.3, 0.4) is 0 Å². The van der Waals surface area contributed by atoms with Crippen LogP contribution in [0.1, 0.15) is 5.56 Å². The maximum atomic E-state index is 14.6. The van der Waals surface area contributed by atoms with Gasteiger partial charge in [0, 0.05) is 23.7 Å². The molecule has 28 heavy (non-hydrogen) atoms. The van der Waals surface area contributed by atoms with E-state index in [9.17, 15) is 12.8 Å². The summed E-state index contributed by atoms with van der Waals surface area (Å²) >= 11 is 0. The number of oxazole rings is 1. The van der Waals surface area contributed by atoms with Crippen molar-refractivity contribution in [3.05, 3.63) is 84.9 Å². The highest BCUT2D eigenvalue weighted by atomic mass is 32.2. The van der Waals surface area contributed by atoms with Crippen molar-refractivity contribution in [2.24, 2.45) is 0 Å². The third kappa shape index (κ3) is 3.61. The predicted molar refractivity (Wildman–Crippen MR) is 109 cm³/mol. The smallest absolute Gasteiger partial charge is 0.232 e. The molecule has 0 bridgehead atoms. The van der Waals surface area contributed by atoms with E-state index in [4.69, 9.17) is 4.42 Å². The van der Waals surface area contributed by atoms with Crippen molar-refractivity contribution in [2.45, 2.75) is 0 Å². The highest BCUT2D eigenvalue weighted by Gasteiger charge is 2.19. The molecule has 0 saturated carbocycles. The van der Waals surface area contributed by atoms with Gasteiger partial charge >= 0.3 is 0 Å². The Morgan fingerprint density at radius 2 is 1.89 bits per heavy atom. The van der Waals surface area contributed by atoms with Crippen molar-refractivity contribution in [1.82, 2.24) is 9.29 Å². The van der Waals surface area contributed by atoms with Crippen LogP contribution in [0.15, 0.2) is 77.9 Å². The molecule has 1 heterocycles. The maximum Gasteiger partial charge on any atom is 0.232 e. The standard InChI is InChI=1S/C21H19FN2O3S/c1-5-15(19(6-2)24(3)28(4,25)26)16-13-14(11-12-17(16)22)21-23-18-9-7-8-10-20(18)27-21/h5-13H,1-2H2,3-4H3. The summed E-state index contributed by atoms with van der Waals surface area (Å²) in [6.07, 6.45) is 3.80. The van der Waals surface area contributed by atoms with Crippen molar-refractivity contribution < 1.29 is 17.2 Å². The van der Waals surface area contributed by atoms with Gasteiger partial charge in [-0.3, -0.25) is 4.31 Å². The summed E-state index contributed by atoms with van der Waals surface area (Å²) in [5.74, 6) is -0.196. The molecule has 0 aliphatic rings. The van der Waals surface area contributed by atoms with E-state index in [0.717, 1.165) is 10.6 Å². The molecule has 0 atom stereocenters. The lowest BCUT2D eigenvalue weighted by Gasteiger charge is -2.21. The Morgan fingerprint density at radius 3 is 2.50 bits per heavy atom. The van der Waals surface area contributed by atoms with Crippen molar-refractivity contribution in [1.29, 1.82) is 0 Å². The average Bonchev–Trinajstić information content (AvgIpc) is 3.09. The lowest BCUT2D eigenvalue weighted by molar-refractivity contribution is 0.536. The van der Waals surface area contributed by atoms with Gasteiger partial charge in [0.1, 0.15) is 11.3 Å². The molecule has 0 saturated heterocycles. The number of nitrogens with zero attached hydrogens (tertiary/aromatic N) is 2. The van der Waals surface area contributed by atoms with Gasteiger partial charge in [0.2, 0.25) is 15.9 Å². The molecule has 0 N–H and O–H groups in total. The molecule has 144 valence electrons. The van der Waals surface area contributed by atoms with Gasteiger partial charge in [0.25, 0.3) is 0 Å². The molecule has 3 rings (SSSR count). The Bertz CT molecular complexity index is 1180. The van der Waals surface area contributed by atoms with Crippen molar-refractivity contribution in [3.8, 4) is 11.5 Å². The van der Waals surface area contributed by atoms with Crippen LogP contribution in [0.2, 0.25) is 0 Å². The van der Waals surface area contributed by atoms with Crippen LogP contribution in [-0.2, 0) is 10.0 Å². The van der Waals surface area contributed by atoms with Crippen LogP contribution in [0.4, 0.5) is 4.39 Å². The van der Waals surface area contributed by atoms with Gasteiger partial charge in [0.15, 0.2) is 5.58 Å². The summed E-state index contributed by atoms with van der Waals surface area (Å²) in [6.45, 7) is 7.38. The van der Waals surface area contributed by atoms with Gasteiger partial charge in [-0.25, -0.2) is 17.8 Å². The first-order chi connectivity index (χ1) is 13.3. The normalized spacial score (nSPS) is 12.5. The second kappa shape index (κ2) is 7.44. The molecule has 0 unspecified atom stereocenters. The highest BCUT2D eigenvalue weighted by molar-refractivity contribution is 7.88. The fourth-order valence-electron chi connectivity index (χ4n) is 2.80. The van der Waals surface area contributed by atoms with Crippen LogP contribution in [0.25, 0.3) is 28.1 Å². The monoisotopic (exact) mass is 398 g/mol. The van der Waals surface area contributed by atoms with E-state index < -0.39 is 15.8 Å². The number of rotatable bonds is 6. The van der Waals surface area contributed by atoms with E-state index in [-0.39, 0.29) is 11.3 Å². The first kappa shape index (κ1) is 19.6. The number of sulfonamides is 1. The Labute approximate surface area is 163 Å². The largest absolute Gasteiger partial charge is 0.436 e. The van der Waals surface area contributed by atoms with E-state index in [0.29, 0.717) is 28.1 Å². The number of allylic oxidation sites excluding steroid dienone is 3. The third-order valence-electron chi connectivity index (χ3n) is 4.31. The topological polar surface area (TPSA) is 63.4 Å². The van der Waals surface area contributed by atoms with Crippen LogP contribution in [0.5, 0.6) is 0 Å². The zero-order valence-electron chi connectivity index (χ0n) is 15.5. The van der Waals surface area contributed by atoms with Crippen molar-refractivity contribution >= 4 is 26.7 Å². The minimum atomic E-state index is -3.57. The number of fused-ring (bicyclic) bond motifs is 1. The Hall–Kier alpha value is -3.19. The molecule has 3 aromatic rings. The SMILES string of the molecule is C=CC(=C(C=C)N(C)S(C)(=O)=O)c1cc(-c2nc3ccccc3o2)ccc1F. The van der Waals surface area contributed by atoms with E-state index in [2.05, 4.69) is 18.1 Å². The number of benzene rings is 2. The average molecular weight is 398 g/mol. The van der Waals surface area contributed by atoms with Gasteiger partial charge in [-0.1, -0.05) is 31.4 Å². The molecular formula is C21H19FN2O3S. The molecule has 5 nitrogen and oxygen atoms in total. The molecule has 1 aromatic heterocycles. The molecule has 0 fully saturated rings. The van der Waals surface area contributed by atoms with Crippen molar-refractivity contribution in [2.75, 3.05) is 13.3 Å². The molecule has 0 spiro atoms. The molecule has 0 aliphatic carbocycles. The summed E-state index contributed by atoms with van der Waals surface area (Å²) in [5.41, 5.74) is 2.53. The number of para-hydroxylation sites is 2. The minimum Gasteiger partial charge on any atom is -0.436 e. The maximum absolute atomic E-state index is 14.6. The Morgan fingerprint density at radius 1 is 1.18 bits per heavy atom.